The van der Waals surface area contributed by atoms with Crippen molar-refractivity contribution in [3.63, 3.8) is 0 Å². The molecule has 14 nitrogen and oxygen atoms in total. The van der Waals surface area contributed by atoms with Crippen molar-refractivity contribution in [2.45, 2.75) is 69.2 Å². The number of likely N-dealkylation sites (tertiary alicyclic amines) is 2. The highest BCUT2D eigenvalue weighted by Gasteiger charge is 2.51. The summed E-state index contributed by atoms with van der Waals surface area (Å²) in [6, 6.07) is 10.8. The predicted molar refractivity (Wildman–Crippen MR) is 203 cm³/mol. The van der Waals surface area contributed by atoms with Gasteiger partial charge >= 0.3 is 12.2 Å². The van der Waals surface area contributed by atoms with E-state index in [1.807, 2.05) is 17.3 Å². The maximum Gasteiger partial charge on any atom is 0.407 e. The van der Waals surface area contributed by atoms with Gasteiger partial charge in [0.05, 0.1) is 50.1 Å². The first-order valence-electron chi connectivity index (χ1n) is 18.2. The number of H-pyrrole nitrogens is 2. The molecular formula is C39H42N8O6S. The Morgan fingerprint density at radius 1 is 0.889 bits per heavy atom. The number of hydrogen-bond donors (Lipinski definition) is 4. The number of methoxy groups -OCH3 is 2. The molecule has 1 saturated carbocycles. The number of piperidine rings is 1. The third kappa shape index (κ3) is 6.25. The zero-order valence-electron chi connectivity index (χ0n) is 30.3. The summed E-state index contributed by atoms with van der Waals surface area (Å²) in [5.41, 5.74) is 3.72. The number of benzene rings is 2. The van der Waals surface area contributed by atoms with Crippen LogP contribution in [0.3, 0.4) is 0 Å². The SMILES string of the molecule is C=C[C@H](NC(=O)OC)C(=O)N1[C@@H]2CC[C@@H](C2)[C@H]1c1ncc(-c2ccc3c(c2)sc2cc(-c4cnc([C@@H]5CCCN5C(=O)[C@H](C)NC(=O)OC)[nH]4)ccc23)[nH]1. The van der Waals surface area contributed by atoms with E-state index in [2.05, 4.69) is 73.3 Å². The topological polar surface area (TPSA) is 175 Å². The van der Waals surface area contributed by atoms with Gasteiger partial charge in [-0.2, -0.15) is 0 Å². The zero-order valence-corrected chi connectivity index (χ0v) is 31.1. The number of carbonyl (C=O) groups is 4. The van der Waals surface area contributed by atoms with Gasteiger partial charge in [-0.15, -0.1) is 17.9 Å². The van der Waals surface area contributed by atoms with Crippen molar-refractivity contribution in [3.8, 4) is 22.5 Å². The summed E-state index contributed by atoms with van der Waals surface area (Å²) in [5, 5.41) is 7.47. The Balaban J connectivity index is 1.01. The first kappa shape index (κ1) is 35.3. The number of nitrogens with one attached hydrogen (secondary N) is 4. The normalized spacial score (nSPS) is 21.7. The van der Waals surface area contributed by atoms with Crippen molar-refractivity contribution in [1.29, 1.82) is 0 Å². The van der Waals surface area contributed by atoms with E-state index in [9.17, 15) is 19.2 Å². The van der Waals surface area contributed by atoms with Crippen molar-refractivity contribution < 1.29 is 28.7 Å². The van der Waals surface area contributed by atoms with E-state index in [1.54, 1.807) is 23.2 Å². The van der Waals surface area contributed by atoms with E-state index in [-0.39, 0.29) is 35.9 Å². The molecule has 3 aliphatic rings. The average Bonchev–Trinajstić information content (AvgIpc) is 4.05. The summed E-state index contributed by atoms with van der Waals surface area (Å²) < 4.78 is 11.7. The maximum absolute atomic E-state index is 13.7. The van der Waals surface area contributed by atoms with Crippen LogP contribution in [0.15, 0.2) is 61.4 Å². The van der Waals surface area contributed by atoms with Crippen LogP contribution in [0.25, 0.3) is 42.7 Å². The van der Waals surface area contributed by atoms with Crippen LogP contribution in [-0.4, -0.2) is 92.6 Å². The van der Waals surface area contributed by atoms with Gasteiger partial charge in [0.25, 0.3) is 0 Å². The molecule has 54 heavy (non-hydrogen) atoms. The number of imidazole rings is 2. The molecule has 4 amide bonds. The Kier molecular flexibility index (Phi) is 9.34. The second-order valence-corrected chi connectivity index (χ2v) is 15.3. The first-order valence-corrected chi connectivity index (χ1v) is 19.0. The van der Waals surface area contributed by atoms with Crippen molar-refractivity contribution >= 4 is 55.5 Å². The number of aromatic nitrogens is 4. The molecule has 1 aliphatic carbocycles. The van der Waals surface area contributed by atoms with Crippen molar-refractivity contribution in [1.82, 2.24) is 40.4 Å². The minimum absolute atomic E-state index is 0.0864. The minimum Gasteiger partial charge on any atom is -0.453 e. The molecule has 15 heteroatoms. The average molecular weight is 751 g/mol. The number of alkyl carbamates (subject to hydrolysis) is 2. The second kappa shape index (κ2) is 14.3. The Hall–Kier alpha value is -5.70. The van der Waals surface area contributed by atoms with E-state index in [4.69, 9.17) is 9.72 Å². The van der Waals surface area contributed by atoms with Crippen molar-refractivity contribution in [2.24, 2.45) is 5.92 Å². The third-order valence-corrected chi connectivity index (χ3v) is 12.2. The van der Waals surface area contributed by atoms with E-state index in [1.165, 1.54) is 20.3 Å². The number of aromatic amines is 2. The molecule has 0 unspecified atom stereocenters. The van der Waals surface area contributed by atoms with Gasteiger partial charge in [-0.05, 0) is 57.1 Å². The molecule has 2 aliphatic heterocycles. The Labute approximate surface area is 315 Å². The maximum atomic E-state index is 13.7. The Morgan fingerprint density at radius 3 is 2.17 bits per heavy atom. The fourth-order valence-corrected chi connectivity index (χ4v) is 9.67. The highest BCUT2D eigenvalue weighted by atomic mass is 32.1. The number of thiophene rings is 1. The van der Waals surface area contributed by atoms with Gasteiger partial charge in [0.15, 0.2) is 0 Å². The van der Waals surface area contributed by atoms with Gasteiger partial charge < -0.3 is 39.9 Å². The number of ether oxygens (including phenoxy) is 2. The molecule has 8 rings (SSSR count). The van der Waals surface area contributed by atoms with Gasteiger partial charge in [0.2, 0.25) is 11.8 Å². The summed E-state index contributed by atoms with van der Waals surface area (Å²) in [7, 11) is 2.54. The van der Waals surface area contributed by atoms with Crippen LogP contribution >= 0.6 is 11.3 Å². The molecule has 0 radical (unpaired) electrons. The molecule has 4 N–H and O–H groups in total. The van der Waals surface area contributed by atoms with Gasteiger partial charge in [0, 0.05) is 43.9 Å². The van der Waals surface area contributed by atoms with Crippen LogP contribution in [0.2, 0.25) is 0 Å². The summed E-state index contributed by atoms with van der Waals surface area (Å²) in [4.78, 5) is 70.6. The summed E-state index contributed by atoms with van der Waals surface area (Å²) in [6.45, 7) is 6.02. The van der Waals surface area contributed by atoms with Gasteiger partial charge in [-0.25, -0.2) is 19.6 Å². The van der Waals surface area contributed by atoms with Crippen LogP contribution in [0, 0.1) is 5.92 Å². The minimum atomic E-state index is -0.889. The Morgan fingerprint density at radius 2 is 1.52 bits per heavy atom. The van der Waals surface area contributed by atoms with E-state index in [0.29, 0.717) is 6.54 Å². The standard InChI is InChI=1S/C39H42N8O6S/c1-5-27(45-39(51)53-4)37(49)47-24-11-8-23(15-24)33(47)35-41-19-29(44-35)22-10-13-26-25-12-9-21(16-31(25)54-32(26)17-22)28-18-40-34(43-28)30-7-6-14-46(30)36(48)20(2)42-38(50)52-3/h5,9-10,12-13,16-20,23-24,27,30,33H,1,6-8,11,14-15H2,2-4H3,(H,40,43)(H,41,44)(H,42,50)(H,45,51)/t20-,23-,24+,27-,30-,33-/m0/s1. The molecule has 3 fully saturated rings. The smallest absolute Gasteiger partial charge is 0.407 e. The molecule has 0 spiro atoms. The molecule has 6 atom stereocenters. The zero-order chi connectivity index (χ0) is 37.7. The van der Waals surface area contributed by atoms with Crippen LogP contribution in [-0.2, 0) is 19.1 Å². The number of nitrogens with zero attached hydrogens (tertiary/aromatic N) is 4. The first-order chi connectivity index (χ1) is 26.2. The number of amides is 4. The highest BCUT2D eigenvalue weighted by molar-refractivity contribution is 7.25. The number of rotatable bonds is 9. The number of fused-ring (bicyclic) bond motifs is 5. The fourth-order valence-electron chi connectivity index (χ4n) is 8.48. The quantitative estimate of drug-likeness (QED) is 0.129. The van der Waals surface area contributed by atoms with Crippen LogP contribution in [0.4, 0.5) is 9.59 Å². The van der Waals surface area contributed by atoms with Gasteiger partial charge in [-0.1, -0.05) is 30.3 Å². The molecule has 5 heterocycles. The van der Waals surface area contributed by atoms with Crippen LogP contribution < -0.4 is 10.6 Å². The van der Waals surface area contributed by atoms with Crippen LogP contribution in [0.1, 0.15) is 62.8 Å². The Bertz CT molecular complexity index is 2280. The van der Waals surface area contributed by atoms with Gasteiger partial charge in [0.1, 0.15) is 23.7 Å². The number of hydrogen-bond acceptors (Lipinski definition) is 9. The number of carbonyl (C=O) groups excluding carboxylic acids is 4. The highest BCUT2D eigenvalue weighted by Crippen LogP contribution is 2.50. The molecule has 2 aromatic carbocycles. The molecule has 280 valence electrons. The summed E-state index contributed by atoms with van der Waals surface area (Å²) in [5.74, 6) is 1.36. The lowest BCUT2D eigenvalue weighted by Gasteiger charge is -2.36. The second-order valence-electron chi connectivity index (χ2n) is 14.2. The lowest BCUT2D eigenvalue weighted by atomic mass is 9.97. The van der Waals surface area contributed by atoms with E-state index >= 15 is 0 Å². The molecule has 2 bridgehead atoms. The lowest BCUT2D eigenvalue weighted by molar-refractivity contribution is -0.137. The summed E-state index contributed by atoms with van der Waals surface area (Å²) >= 11 is 1.71. The largest absolute Gasteiger partial charge is 0.453 e. The molecule has 5 aromatic rings. The predicted octanol–water partition coefficient (Wildman–Crippen LogP) is 6.21. The molecule has 3 aromatic heterocycles. The molecular weight excluding hydrogens is 709 g/mol. The fraction of sp³-hybridized carbons (Fsp3) is 0.385. The van der Waals surface area contributed by atoms with E-state index in [0.717, 1.165) is 86.4 Å². The van der Waals surface area contributed by atoms with Gasteiger partial charge in [-0.3, -0.25) is 9.59 Å². The van der Waals surface area contributed by atoms with Crippen molar-refractivity contribution in [2.75, 3.05) is 20.8 Å². The molecule has 2 saturated heterocycles. The van der Waals surface area contributed by atoms with Crippen LogP contribution in [0.5, 0.6) is 0 Å². The van der Waals surface area contributed by atoms with Crippen molar-refractivity contribution in [3.05, 3.63) is 73.1 Å². The monoisotopic (exact) mass is 750 g/mol. The lowest BCUT2D eigenvalue weighted by Crippen LogP contribution is -2.51. The van der Waals surface area contributed by atoms with E-state index < -0.39 is 24.3 Å². The summed E-state index contributed by atoms with van der Waals surface area (Å²) in [6.07, 6.45) is 8.23. The third-order valence-electron chi connectivity index (χ3n) is 11.1.